The first-order valence-electron chi connectivity index (χ1n) is 13.7. The lowest BCUT2D eigenvalue weighted by Gasteiger charge is -2.43. The average Bonchev–Trinajstić information content (AvgIpc) is 3.24. The van der Waals surface area contributed by atoms with Crippen molar-refractivity contribution in [3.63, 3.8) is 0 Å². The third kappa shape index (κ3) is 4.73. The highest BCUT2D eigenvalue weighted by Gasteiger charge is 2.45. The molecule has 3 aromatic rings. The largest absolute Gasteiger partial charge is 0.409 e. The summed E-state index contributed by atoms with van der Waals surface area (Å²) >= 11 is 0. The number of aromatic nitrogens is 1. The van der Waals surface area contributed by atoms with E-state index in [9.17, 15) is 13.2 Å². The Kier molecular flexibility index (Phi) is 7.95. The van der Waals surface area contributed by atoms with Crippen molar-refractivity contribution in [2.24, 2.45) is 11.8 Å². The molecular weight excluding hydrogens is 510 g/mol. The molecule has 3 atom stereocenters. The fourth-order valence-electron chi connectivity index (χ4n) is 6.23. The molecule has 0 fully saturated rings. The number of carbonyl (C=O) groups excluding carboxylic acids is 1. The minimum absolute atomic E-state index is 0.0654. The lowest BCUT2D eigenvalue weighted by molar-refractivity contribution is -0.126. The van der Waals surface area contributed by atoms with E-state index < -0.39 is 18.3 Å². The summed E-state index contributed by atoms with van der Waals surface area (Å²) in [5.74, 6) is -0.242. The number of nitrogens with zero attached hydrogens (tertiary/aromatic N) is 1. The Labute approximate surface area is 229 Å². The fraction of sp³-hybridized carbons (Fsp3) is 0.452. The zero-order valence-corrected chi connectivity index (χ0v) is 25.6. The second-order valence-electron chi connectivity index (χ2n) is 11.0. The Morgan fingerprint density at radius 3 is 2.16 bits per heavy atom. The molecule has 1 aliphatic rings. The smallest absolute Gasteiger partial charge is 0.268 e. The van der Waals surface area contributed by atoms with Gasteiger partial charge in [0, 0.05) is 11.6 Å². The second-order valence-corrected chi connectivity index (χ2v) is 17.6. The fourth-order valence-corrected chi connectivity index (χ4v) is 10.5. The van der Waals surface area contributed by atoms with Gasteiger partial charge in [0.25, 0.3) is 10.0 Å². The molecule has 7 heteroatoms. The van der Waals surface area contributed by atoms with E-state index in [1.807, 2.05) is 45.0 Å². The number of fused-ring (bicyclic) bond motifs is 3. The molecule has 1 unspecified atom stereocenters. The van der Waals surface area contributed by atoms with Crippen LogP contribution in [0.5, 0.6) is 0 Å². The third-order valence-electron chi connectivity index (χ3n) is 8.75. The van der Waals surface area contributed by atoms with E-state index in [4.69, 9.17) is 4.43 Å². The van der Waals surface area contributed by atoms with Crippen molar-refractivity contribution in [2.75, 3.05) is 0 Å². The Hall–Kier alpha value is -2.48. The molecule has 5 nitrogen and oxygen atoms in total. The molecular formula is C31H41NO4SSi. The van der Waals surface area contributed by atoms with Crippen LogP contribution in [0.1, 0.15) is 63.0 Å². The van der Waals surface area contributed by atoms with Crippen LogP contribution in [-0.2, 0) is 25.7 Å². The predicted octanol–water partition coefficient (Wildman–Crippen LogP) is 7.51. The summed E-state index contributed by atoms with van der Waals surface area (Å²) in [6.45, 7) is 18.4. The number of hydrogen-bond donors (Lipinski definition) is 0. The summed E-state index contributed by atoms with van der Waals surface area (Å²) < 4.78 is 35.9. The van der Waals surface area contributed by atoms with E-state index in [2.05, 4.69) is 27.4 Å². The van der Waals surface area contributed by atoms with Gasteiger partial charge in [0.1, 0.15) is 5.78 Å². The first-order chi connectivity index (χ1) is 17.9. The van der Waals surface area contributed by atoms with E-state index in [0.29, 0.717) is 11.9 Å². The summed E-state index contributed by atoms with van der Waals surface area (Å²) in [5.41, 5.74) is 5.64. The monoisotopic (exact) mass is 551 g/mol. The molecule has 38 heavy (non-hydrogen) atoms. The molecule has 204 valence electrons. The van der Waals surface area contributed by atoms with E-state index in [-0.39, 0.29) is 28.6 Å². The van der Waals surface area contributed by atoms with Gasteiger partial charge in [0.05, 0.1) is 22.4 Å². The molecule has 0 saturated heterocycles. The molecule has 4 rings (SSSR count). The quantitative estimate of drug-likeness (QED) is 0.204. The number of ketones is 1. The molecule has 1 heterocycles. The zero-order valence-electron chi connectivity index (χ0n) is 23.8. The number of hydrogen-bond acceptors (Lipinski definition) is 4. The van der Waals surface area contributed by atoms with E-state index in [0.717, 1.165) is 51.3 Å². The molecule has 0 saturated carbocycles. The average molecular weight is 552 g/mol. The van der Waals surface area contributed by atoms with Crippen molar-refractivity contribution in [1.82, 2.24) is 3.97 Å². The lowest BCUT2D eigenvalue weighted by Crippen LogP contribution is -2.44. The minimum atomic E-state index is -3.78. The molecule has 0 spiro atoms. The summed E-state index contributed by atoms with van der Waals surface area (Å²) in [6.07, 6.45) is 2.01. The van der Waals surface area contributed by atoms with E-state index in [1.165, 1.54) is 3.97 Å². The van der Waals surface area contributed by atoms with Gasteiger partial charge in [0.2, 0.25) is 0 Å². The van der Waals surface area contributed by atoms with Crippen molar-refractivity contribution in [3.8, 4) is 0 Å². The maximum absolute atomic E-state index is 13.7. The van der Waals surface area contributed by atoms with Gasteiger partial charge >= 0.3 is 0 Å². The maximum Gasteiger partial charge on any atom is 0.268 e. The van der Waals surface area contributed by atoms with Crippen molar-refractivity contribution >= 4 is 35.0 Å². The number of carbonyl (C=O) groups is 1. The first kappa shape index (κ1) is 28.5. The molecule has 0 N–H and O–H groups in total. The highest BCUT2D eigenvalue weighted by molar-refractivity contribution is 7.90. The lowest BCUT2D eigenvalue weighted by atomic mass is 9.69. The normalized spacial score (nSPS) is 19.9. The predicted molar refractivity (Wildman–Crippen MR) is 158 cm³/mol. The van der Waals surface area contributed by atoms with Gasteiger partial charge in [-0.15, -0.1) is 0 Å². The molecule has 0 aliphatic heterocycles. The van der Waals surface area contributed by atoms with Gasteiger partial charge in [-0.2, -0.15) is 0 Å². The van der Waals surface area contributed by atoms with Crippen LogP contribution in [0.15, 0.2) is 59.6 Å². The number of aryl methyl sites for hydroxylation is 2. The van der Waals surface area contributed by atoms with Crippen molar-refractivity contribution in [1.29, 1.82) is 0 Å². The molecule has 1 aromatic heterocycles. The summed E-state index contributed by atoms with van der Waals surface area (Å²) in [6, 6.07) is 13.8. The van der Waals surface area contributed by atoms with Gasteiger partial charge < -0.3 is 4.43 Å². The number of Topliss-reactive ketones (excluding diaryl/α,β-unsaturated/α-hetero) is 1. The van der Waals surface area contributed by atoms with Crippen LogP contribution in [0.25, 0.3) is 10.9 Å². The Morgan fingerprint density at radius 2 is 1.63 bits per heavy atom. The topological polar surface area (TPSA) is 65.4 Å². The van der Waals surface area contributed by atoms with Crippen LogP contribution in [0.4, 0.5) is 0 Å². The third-order valence-corrected chi connectivity index (χ3v) is 15.1. The summed E-state index contributed by atoms with van der Waals surface area (Å²) in [7, 11) is -5.84. The molecule has 0 radical (unpaired) electrons. The van der Waals surface area contributed by atoms with Gasteiger partial charge in [-0.05, 0) is 93.1 Å². The number of benzene rings is 2. The Bertz CT molecular complexity index is 1470. The summed E-state index contributed by atoms with van der Waals surface area (Å²) in [5, 5.41) is 0.941. The number of rotatable bonds is 9. The molecule has 1 aliphatic carbocycles. The van der Waals surface area contributed by atoms with Crippen LogP contribution >= 0.6 is 0 Å². The summed E-state index contributed by atoms with van der Waals surface area (Å²) in [4.78, 5) is 13.4. The SMILES string of the molecule is C=C(C)[C@@H]1Cc2c(ccc3c2c(C)cn3S(=O)(=O)c2ccc(C)cc2)C(O[Si](CC)(CC)CC)[C@H]1C(C)=O. The van der Waals surface area contributed by atoms with Gasteiger partial charge in [0.15, 0.2) is 8.32 Å². The van der Waals surface area contributed by atoms with E-state index in [1.54, 1.807) is 25.3 Å². The van der Waals surface area contributed by atoms with Crippen LogP contribution in [0.3, 0.4) is 0 Å². The second kappa shape index (κ2) is 10.6. The molecule has 0 amide bonds. The van der Waals surface area contributed by atoms with Crippen molar-refractivity contribution < 1.29 is 17.6 Å². The number of allylic oxidation sites excluding steroid dienone is 1. The van der Waals surface area contributed by atoms with Gasteiger partial charge in [-0.1, -0.05) is 56.7 Å². The zero-order chi connectivity index (χ0) is 28.0. The van der Waals surface area contributed by atoms with Crippen molar-refractivity contribution in [3.05, 3.63) is 77.0 Å². The van der Waals surface area contributed by atoms with Crippen LogP contribution in [-0.4, -0.2) is 26.5 Å². The minimum Gasteiger partial charge on any atom is -0.409 e. The first-order valence-corrected chi connectivity index (χ1v) is 17.7. The standard InChI is InChI=1S/C31H41NO4SSi/c1-9-38(10-2,11-3)36-31-25-16-17-28-29(27(25)18-26(20(4)5)30(31)23(8)33)22(7)19-32(28)37(34,35)24-14-12-21(6)13-15-24/h12-17,19,26,30-31H,4,9-11,18H2,1-3,5-8H3/t26-,30-,31?/m0/s1. The molecule has 2 aromatic carbocycles. The van der Waals surface area contributed by atoms with Crippen LogP contribution < -0.4 is 0 Å². The van der Waals surface area contributed by atoms with Crippen molar-refractivity contribution in [2.45, 2.75) is 84.0 Å². The highest BCUT2D eigenvalue weighted by Crippen LogP contribution is 2.48. The highest BCUT2D eigenvalue weighted by atomic mass is 32.2. The van der Waals surface area contributed by atoms with Gasteiger partial charge in [-0.3, -0.25) is 4.79 Å². The van der Waals surface area contributed by atoms with Crippen LogP contribution in [0, 0.1) is 25.7 Å². The Morgan fingerprint density at radius 1 is 1.03 bits per heavy atom. The maximum atomic E-state index is 13.7. The van der Waals surface area contributed by atoms with Gasteiger partial charge in [-0.25, -0.2) is 12.4 Å². The van der Waals surface area contributed by atoms with Crippen LogP contribution in [0.2, 0.25) is 18.1 Å². The molecule has 0 bridgehead atoms. The Balaban J connectivity index is 1.97. The van der Waals surface area contributed by atoms with E-state index >= 15 is 0 Å².